The van der Waals surface area contributed by atoms with Crippen LogP contribution in [0.15, 0.2) is 0 Å². The van der Waals surface area contributed by atoms with E-state index in [0.717, 1.165) is 19.6 Å². The van der Waals surface area contributed by atoms with E-state index in [0.29, 0.717) is 32.0 Å². The van der Waals surface area contributed by atoms with Crippen molar-refractivity contribution in [3.63, 3.8) is 0 Å². The second-order valence-corrected chi connectivity index (χ2v) is 5.29. The minimum Gasteiger partial charge on any atom is -0.390 e. The quantitative estimate of drug-likeness (QED) is 0.478. The summed E-state index contributed by atoms with van der Waals surface area (Å²) in [5, 5.41) is 15.8. The molecule has 0 saturated carbocycles. The molecule has 0 bridgehead atoms. The molecular weight excluding hydrogens is 242 g/mol. The summed E-state index contributed by atoms with van der Waals surface area (Å²) in [6, 6.07) is 0. The van der Waals surface area contributed by atoms with E-state index in [-0.39, 0.29) is 12.0 Å². The van der Waals surface area contributed by atoms with Crippen LogP contribution in [-0.2, 0) is 4.79 Å². The molecule has 1 unspecified atom stereocenters. The number of rotatable bonds is 11. The van der Waals surface area contributed by atoms with Gasteiger partial charge in [0.15, 0.2) is 0 Å². The van der Waals surface area contributed by atoms with E-state index in [9.17, 15) is 9.90 Å². The molecule has 3 N–H and O–H groups in total. The van der Waals surface area contributed by atoms with Crippen molar-refractivity contribution in [1.82, 2.24) is 15.5 Å². The zero-order chi connectivity index (χ0) is 14.7. The van der Waals surface area contributed by atoms with E-state index < -0.39 is 0 Å². The number of carbonyl (C=O) groups is 1. The van der Waals surface area contributed by atoms with E-state index in [4.69, 9.17) is 0 Å². The molecule has 0 aliphatic carbocycles. The van der Waals surface area contributed by atoms with E-state index >= 15 is 0 Å². The van der Waals surface area contributed by atoms with Gasteiger partial charge in [0.2, 0.25) is 5.91 Å². The molecule has 1 amide bonds. The Morgan fingerprint density at radius 1 is 1.21 bits per heavy atom. The van der Waals surface area contributed by atoms with Crippen molar-refractivity contribution in [2.75, 3.05) is 39.3 Å². The van der Waals surface area contributed by atoms with Crippen LogP contribution in [0.3, 0.4) is 0 Å². The number of carbonyl (C=O) groups excluding carboxylic acids is 1. The third-order valence-corrected chi connectivity index (χ3v) is 2.98. The van der Waals surface area contributed by atoms with Gasteiger partial charge in [-0.1, -0.05) is 27.7 Å². The molecule has 5 nitrogen and oxygen atoms in total. The zero-order valence-electron chi connectivity index (χ0n) is 12.9. The lowest BCUT2D eigenvalue weighted by Crippen LogP contribution is -2.39. The normalized spacial score (nSPS) is 13.0. The van der Waals surface area contributed by atoms with Gasteiger partial charge in [-0.15, -0.1) is 0 Å². The van der Waals surface area contributed by atoms with E-state index in [1.165, 1.54) is 0 Å². The number of hydrogen-bond acceptors (Lipinski definition) is 4. The van der Waals surface area contributed by atoms with Crippen molar-refractivity contribution in [1.29, 1.82) is 0 Å². The van der Waals surface area contributed by atoms with Crippen molar-refractivity contribution in [3.8, 4) is 0 Å². The van der Waals surface area contributed by atoms with E-state index in [1.807, 2.05) is 0 Å². The van der Waals surface area contributed by atoms with Crippen molar-refractivity contribution >= 4 is 5.91 Å². The fourth-order valence-electron chi connectivity index (χ4n) is 1.72. The number of nitrogens with one attached hydrogen (secondary N) is 2. The Morgan fingerprint density at radius 3 is 2.37 bits per heavy atom. The van der Waals surface area contributed by atoms with Gasteiger partial charge < -0.3 is 20.6 Å². The number of aliphatic hydroxyl groups excluding tert-OH is 1. The van der Waals surface area contributed by atoms with Gasteiger partial charge in [-0.05, 0) is 19.0 Å². The van der Waals surface area contributed by atoms with Crippen LogP contribution in [0, 0.1) is 5.92 Å². The Labute approximate surface area is 117 Å². The van der Waals surface area contributed by atoms with Gasteiger partial charge in [-0.3, -0.25) is 4.79 Å². The smallest absolute Gasteiger partial charge is 0.221 e. The fourth-order valence-corrected chi connectivity index (χ4v) is 1.72. The van der Waals surface area contributed by atoms with E-state index in [1.54, 1.807) is 0 Å². The molecule has 0 heterocycles. The fraction of sp³-hybridized carbons (Fsp3) is 0.929. The van der Waals surface area contributed by atoms with Crippen LogP contribution in [0.1, 0.15) is 34.1 Å². The summed E-state index contributed by atoms with van der Waals surface area (Å²) < 4.78 is 0. The highest BCUT2D eigenvalue weighted by molar-refractivity contribution is 5.76. The summed E-state index contributed by atoms with van der Waals surface area (Å²) in [6.45, 7) is 12.8. The largest absolute Gasteiger partial charge is 0.390 e. The van der Waals surface area contributed by atoms with Crippen LogP contribution in [0.25, 0.3) is 0 Å². The highest BCUT2D eigenvalue weighted by atomic mass is 16.3. The predicted octanol–water partition coefficient (Wildman–Crippen LogP) is 0.441. The molecule has 0 spiro atoms. The Kier molecular flexibility index (Phi) is 10.8. The second kappa shape index (κ2) is 11.2. The zero-order valence-corrected chi connectivity index (χ0v) is 12.9. The number of amides is 1. The highest BCUT2D eigenvalue weighted by Crippen LogP contribution is 1.91. The number of aliphatic hydroxyl groups is 1. The van der Waals surface area contributed by atoms with Crippen LogP contribution in [0.2, 0.25) is 0 Å². The SMILES string of the molecule is CCN(CC)CC(O)CNCCC(=O)NCC(C)C. The molecule has 0 aromatic heterocycles. The minimum atomic E-state index is -0.376. The minimum absolute atomic E-state index is 0.0689. The number of hydrogen-bond donors (Lipinski definition) is 3. The lowest BCUT2D eigenvalue weighted by Gasteiger charge is -2.22. The molecule has 1 atom stereocenters. The van der Waals surface area contributed by atoms with Gasteiger partial charge in [0.25, 0.3) is 0 Å². The maximum Gasteiger partial charge on any atom is 0.221 e. The average Bonchev–Trinajstić information content (AvgIpc) is 2.38. The van der Waals surface area contributed by atoms with Crippen LogP contribution >= 0.6 is 0 Å². The molecule has 0 aromatic rings. The first-order chi connectivity index (χ1) is 8.99. The standard InChI is InChI=1S/C14H31N3O2/c1-5-17(6-2)11-13(18)10-15-8-7-14(19)16-9-12(3)4/h12-13,15,18H,5-11H2,1-4H3,(H,16,19). The Balaban J connectivity index is 3.54. The first-order valence-electron chi connectivity index (χ1n) is 7.37. The lowest BCUT2D eigenvalue weighted by molar-refractivity contribution is -0.121. The Morgan fingerprint density at radius 2 is 1.84 bits per heavy atom. The molecule has 0 aliphatic heterocycles. The van der Waals surface area contributed by atoms with Gasteiger partial charge in [0.1, 0.15) is 0 Å². The first kappa shape index (κ1) is 18.4. The summed E-state index contributed by atoms with van der Waals surface area (Å²) in [4.78, 5) is 13.6. The van der Waals surface area contributed by atoms with Crippen molar-refractivity contribution in [3.05, 3.63) is 0 Å². The summed E-state index contributed by atoms with van der Waals surface area (Å²) in [5.41, 5.74) is 0. The molecule has 19 heavy (non-hydrogen) atoms. The summed E-state index contributed by atoms with van der Waals surface area (Å²) >= 11 is 0. The van der Waals surface area contributed by atoms with Gasteiger partial charge in [0, 0.05) is 32.6 Å². The van der Waals surface area contributed by atoms with Gasteiger partial charge in [-0.25, -0.2) is 0 Å². The topological polar surface area (TPSA) is 64.6 Å². The molecule has 0 aromatic carbocycles. The Bertz CT molecular complexity index is 231. The predicted molar refractivity (Wildman–Crippen MR) is 79.1 cm³/mol. The molecule has 0 rings (SSSR count). The molecule has 114 valence electrons. The monoisotopic (exact) mass is 273 g/mol. The number of nitrogens with zero attached hydrogens (tertiary/aromatic N) is 1. The van der Waals surface area contributed by atoms with Crippen LogP contribution in [0.5, 0.6) is 0 Å². The second-order valence-electron chi connectivity index (χ2n) is 5.29. The van der Waals surface area contributed by atoms with Crippen molar-refractivity contribution in [2.24, 2.45) is 5.92 Å². The van der Waals surface area contributed by atoms with E-state index in [2.05, 4.69) is 43.2 Å². The maximum absolute atomic E-state index is 11.4. The van der Waals surface area contributed by atoms with Crippen molar-refractivity contribution < 1.29 is 9.90 Å². The summed E-state index contributed by atoms with van der Waals surface area (Å²) in [6.07, 6.45) is 0.0867. The van der Waals surface area contributed by atoms with Crippen molar-refractivity contribution in [2.45, 2.75) is 40.2 Å². The van der Waals surface area contributed by atoms with Crippen LogP contribution < -0.4 is 10.6 Å². The third kappa shape index (κ3) is 10.9. The first-order valence-corrected chi connectivity index (χ1v) is 7.37. The maximum atomic E-state index is 11.4. The average molecular weight is 273 g/mol. The van der Waals surface area contributed by atoms with Gasteiger partial charge >= 0.3 is 0 Å². The molecular formula is C14H31N3O2. The van der Waals surface area contributed by atoms with Crippen LogP contribution in [0.4, 0.5) is 0 Å². The van der Waals surface area contributed by atoms with Gasteiger partial charge in [-0.2, -0.15) is 0 Å². The van der Waals surface area contributed by atoms with Crippen LogP contribution in [-0.4, -0.2) is 61.3 Å². The summed E-state index contributed by atoms with van der Waals surface area (Å²) in [7, 11) is 0. The lowest BCUT2D eigenvalue weighted by atomic mass is 10.2. The van der Waals surface area contributed by atoms with Gasteiger partial charge in [0.05, 0.1) is 6.10 Å². The molecule has 0 fully saturated rings. The molecule has 0 radical (unpaired) electrons. The Hall–Kier alpha value is -0.650. The molecule has 0 saturated heterocycles. The molecule has 0 aliphatic rings. The third-order valence-electron chi connectivity index (χ3n) is 2.98. The molecule has 5 heteroatoms. The number of likely N-dealkylation sites (N-methyl/N-ethyl adjacent to an activating group) is 1. The summed E-state index contributed by atoms with van der Waals surface area (Å²) in [5.74, 6) is 0.548. The highest BCUT2D eigenvalue weighted by Gasteiger charge is 2.08.